The highest BCUT2D eigenvalue weighted by atomic mass is 32.1. The summed E-state index contributed by atoms with van der Waals surface area (Å²) in [6.45, 7) is 0. The van der Waals surface area contributed by atoms with Crippen molar-refractivity contribution in [1.29, 1.82) is 0 Å². The lowest BCUT2D eigenvalue weighted by atomic mass is 9.98. The second-order valence-corrected chi connectivity index (χ2v) is 14.8. The zero-order valence-electron chi connectivity index (χ0n) is 29.6. The quantitative estimate of drug-likeness (QED) is 0.160. The molecule has 0 saturated heterocycles. The number of nitrogens with zero attached hydrogens (tertiary/aromatic N) is 1. The van der Waals surface area contributed by atoms with Crippen molar-refractivity contribution in [2.75, 3.05) is 4.90 Å². The van der Waals surface area contributed by atoms with Gasteiger partial charge in [-0.3, -0.25) is 0 Å². The highest BCUT2D eigenvalue weighted by Crippen LogP contribution is 2.44. The van der Waals surface area contributed by atoms with Crippen LogP contribution in [0.1, 0.15) is 0 Å². The molecule has 0 spiro atoms. The minimum atomic E-state index is 1.11. The summed E-state index contributed by atoms with van der Waals surface area (Å²) in [7, 11) is 0. The molecule has 0 radical (unpaired) electrons. The summed E-state index contributed by atoms with van der Waals surface area (Å²) >= 11 is 1.86. The van der Waals surface area contributed by atoms with Crippen LogP contribution in [0, 0.1) is 0 Å². The van der Waals surface area contributed by atoms with Crippen LogP contribution in [-0.4, -0.2) is 0 Å². The Hall–Kier alpha value is -6.74. The van der Waals surface area contributed by atoms with Gasteiger partial charge in [0.2, 0.25) is 0 Å². The molecule has 10 aromatic rings. The van der Waals surface area contributed by atoms with Gasteiger partial charge in [0, 0.05) is 37.1 Å². The van der Waals surface area contributed by atoms with E-state index in [1.54, 1.807) is 0 Å². The molecule has 0 bridgehead atoms. The number of hydrogen-bond acceptors (Lipinski definition) is 2. The van der Waals surface area contributed by atoms with Gasteiger partial charge >= 0.3 is 0 Å². The Bertz CT molecular complexity index is 2900. The molecule has 0 amide bonds. The van der Waals surface area contributed by atoms with E-state index in [9.17, 15) is 0 Å². The van der Waals surface area contributed by atoms with Crippen LogP contribution in [-0.2, 0) is 0 Å². The van der Waals surface area contributed by atoms with Crippen molar-refractivity contribution in [2.24, 2.45) is 0 Å². The maximum absolute atomic E-state index is 2.40. The Morgan fingerprint density at radius 2 is 0.796 bits per heavy atom. The smallest absolute Gasteiger partial charge is 0.0540 e. The summed E-state index contributed by atoms with van der Waals surface area (Å²) in [4.78, 5) is 2.40. The third kappa shape index (κ3) is 5.93. The lowest BCUT2D eigenvalue weighted by Crippen LogP contribution is -2.11. The van der Waals surface area contributed by atoms with Gasteiger partial charge in [-0.25, -0.2) is 0 Å². The highest BCUT2D eigenvalue weighted by Gasteiger charge is 2.18. The van der Waals surface area contributed by atoms with Crippen LogP contribution in [0.15, 0.2) is 212 Å². The third-order valence-electron chi connectivity index (χ3n) is 10.5. The third-order valence-corrected chi connectivity index (χ3v) is 11.6. The van der Waals surface area contributed by atoms with Gasteiger partial charge in [-0.15, -0.1) is 11.3 Å². The van der Waals surface area contributed by atoms with Gasteiger partial charge in [0.25, 0.3) is 0 Å². The molecule has 0 aliphatic heterocycles. The SMILES string of the molecule is c1ccc(-c2ccc(-c3ccc(N(c4ccc(-c5ccc6ccccc6c5)cc4)c4ccccc4-c4ccc5c(c4)sc4ccccc45)cc3)cc2)cc1. The van der Waals surface area contributed by atoms with Crippen molar-refractivity contribution in [3.05, 3.63) is 212 Å². The Balaban J connectivity index is 1.06. The fourth-order valence-corrected chi connectivity index (χ4v) is 8.84. The van der Waals surface area contributed by atoms with E-state index >= 15 is 0 Å². The van der Waals surface area contributed by atoms with Crippen molar-refractivity contribution in [1.82, 2.24) is 0 Å². The molecule has 0 aliphatic carbocycles. The summed E-state index contributed by atoms with van der Waals surface area (Å²) in [6, 6.07) is 77.2. The van der Waals surface area contributed by atoms with Crippen LogP contribution in [0.4, 0.5) is 17.1 Å². The van der Waals surface area contributed by atoms with E-state index in [2.05, 4.69) is 217 Å². The van der Waals surface area contributed by atoms with Crippen LogP contribution in [0.2, 0.25) is 0 Å². The molecule has 1 aromatic heterocycles. The molecule has 2 heteroatoms. The maximum Gasteiger partial charge on any atom is 0.0540 e. The van der Waals surface area contributed by atoms with E-state index in [0.717, 1.165) is 17.1 Å². The Morgan fingerprint density at radius 1 is 0.296 bits per heavy atom. The number of fused-ring (bicyclic) bond motifs is 4. The summed E-state index contributed by atoms with van der Waals surface area (Å²) < 4.78 is 2.62. The van der Waals surface area contributed by atoms with Gasteiger partial charge in [-0.05, 0) is 98.2 Å². The average Bonchev–Trinajstić information content (AvgIpc) is 3.63. The lowest BCUT2D eigenvalue weighted by molar-refractivity contribution is 1.28. The summed E-state index contributed by atoms with van der Waals surface area (Å²) in [5.74, 6) is 0. The summed E-state index contributed by atoms with van der Waals surface area (Å²) in [5, 5.41) is 5.13. The molecule has 0 unspecified atom stereocenters. The number of hydrogen-bond donors (Lipinski definition) is 0. The number of benzene rings is 9. The molecule has 0 atom stereocenters. The number of rotatable bonds is 7. The van der Waals surface area contributed by atoms with Crippen molar-refractivity contribution in [3.63, 3.8) is 0 Å². The molecule has 9 aromatic carbocycles. The van der Waals surface area contributed by atoms with E-state index in [1.807, 2.05) is 11.3 Å². The molecular weight excluding hydrogens is 671 g/mol. The Labute approximate surface area is 319 Å². The molecule has 10 rings (SSSR count). The zero-order valence-corrected chi connectivity index (χ0v) is 30.4. The maximum atomic E-state index is 2.40. The minimum absolute atomic E-state index is 1.11. The van der Waals surface area contributed by atoms with E-state index in [-0.39, 0.29) is 0 Å². The predicted molar refractivity (Wildman–Crippen MR) is 233 cm³/mol. The molecule has 54 heavy (non-hydrogen) atoms. The van der Waals surface area contributed by atoms with Gasteiger partial charge in [-0.1, -0.05) is 164 Å². The number of para-hydroxylation sites is 1. The Morgan fingerprint density at radius 3 is 1.52 bits per heavy atom. The summed E-state index contributed by atoms with van der Waals surface area (Å²) in [5.41, 5.74) is 13.0. The Kier molecular flexibility index (Phi) is 8.09. The van der Waals surface area contributed by atoms with Gasteiger partial charge in [0.05, 0.1) is 5.69 Å². The molecular formula is C52H35NS. The van der Waals surface area contributed by atoms with Crippen LogP contribution < -0.4 is 4.90 Å². The van der Waals surface area contributed by atoms with Crippen molar-refractivity contribution < 1.29 is 0 Å². The van der Waals surface area contributed by atoms with Gasteiger partial charge in [-0.2, -0.15) is 0 Å². The molecule has 0 N–H and O–H groups in total. The fourth-order valence-electron chi connectivity index (χ4n) is 7.69. The molecule has 1 nitrogen and oxygen atoms in total. The number of thiophene rings is 1. The van der Waals surface area contributed by atoms with Crippen LogP contribution in [0.3, 0.4) is 0 Å². The molecule has 0 saturated carbocycles. The topological polar surface area (TPSA) is 3.24 Å². The van der Waals surface area contributed by atoms with E-state index in [1.165, 1.54) is 75.5 Å². The van der Waals surface area contributed by atoms with Crippen LogP contribution >= 0.6 is 11.3 Å². The minimum Gasteiger partial charge on any atom is -0.310 e. The first-order valence-corrected chi connectivity index (χ1v) is 19.2. The van der Waals surface area contributed by atoms with E-state index < -0.39 is 0 Å². The average molecular weight is 706 g/mol. The standard InChI is InChI=1S/C52H35NS/c1-2-10-36(11-3-1)38-18-20-39(21-19-38)40-24-29-45(30-25-40)53(46-31-26-41(27-32-46)43-23-22-37-12-4-5-13-42(37)34-43)50-16-8-6-14-47(50)44-28-33-49-48-15-7-9-17-51(48)54-52(49)35-44/h1-35H. The first-order chi connectivity index (χ1) is 26.7. The normalized spacial score (nSPS) is 11.3. The lowest BCUT2D eigenvalue weighted by Gasteiger charge is -2.28. The molecule has 0 aliphatic rings. The zero-order chi connectivity index (χ0) is 35.8. The van der Waals surface area contributed by atoms with Crippen molar-refractivity contribution >= 4 is 59.3 Å². The first-order valence-electron chi connectivity index (χ1n) is 18.4. The van der Waals surface area contributed by atoms with Gasteiger partial charge < -0.3 is 4.90 Å². The highest BCUT2D eigenvalue weighted by molar-refractivity contribution is 7.25. The largest absolute Gasteiger partial charge is 0.310 e. The van der Waals surface area contributed by atoms with Crippen LogP contribution in [0.5, 0.6) is 0 Å². The first kappa shape index (κ1) is 32.0. The molecule has 0 fully saturated rings. The second kappa shape index (κ2) is 13.7. The monoisotopic (exact) mass is 705 g/mol. The van der Waals surface area contributed by atoms with Crippen LogP contribution in [0.25, 0.3) is 75.5 Å². The van der Waals surface area contributed by atoms with Gasteiger partial charge in [0.15, 0.2) is 0 Å². The van der Waals surface area contributed by atoms with Crippen molar-refractivity contribution in [2.45, 2.75) is 0 Å². The molecule has 254 valence electrons. The molecule has 1 heterocycles. The van der Waals surface area contributed by atoms with E-state index in [4.69, 9.17) is 0 Å². The fraction of sp³-hybridized carbons (Fsp3) is 0. The number of anilines is 3. The van der Waals surface area contributed by atoms with Gasteiger partial charge in [0.1, 0.15) is 0 Å². The predicted octanol–water partition coefficient (Wildman–Crippen LogP) is 15.3. The summed E-state index contributed by atoms with van der Waals surface area (Å²) in [6.07, 6.45) is 0. The second-order valence-electron chi connectivity index (χ2n) is 13.8. The van der Waals surface area contributed by atoms with E-state index in [0.29, 0.717) is 0 Å². The van der Waals surface area contributed by atoms with Crippen molar-refractivity contribution in [3.8, 4) is 44.5 Å².